The molecule has 6 aromatic rings. The van der Waals surface area contributed by atoms with E-state index in [0.717, 1.165) is 33.8 Å². The second kappa shape index (κ2) is 15.1. The molecule has 52 heavy (non-hydrogen) atoms. The van der Waals surface area contributed by atoms with Crippen LogP contribution in [0.15, 0.2) is 146 Å². The van der Waals surface area contributed by atoms with Crippen molar-refractivity contribution in [1.29, 1.82) is 0 Å². The Morgan fingerprint density at radius 2 is 1.40 bits per heavy atom. The number of amides is 3. The molecule has 3 amide bonds. The quantitative estimate of drug-likeness (QED) is 0.151. The maximum atomic E-state index is 14.7. The van der Waals surface area contributed by atoms with Crippen LogP contribution in [0.1, 0.15) is 43.1 Å². The van der Waals surface area contributed by atoms with E-state index in [-0.39, 0.29) is 18.4 Å². The smallest absolute Gasteiger partial charge is 0.404 e. The number of carbonyl (C=O) groups is 3. The zero-order valence-corrected chi connectivity index (χ0v) is 28.7. The van der Waals surface area contributed by atoms with Gasteiger partial charge in [-0.25, -0.2) is 4.79 Å². The van der Waals surface area contributed by atoms with Gasteiger partial charge >= 0.3 is 6.09 Å². The predicted octanol–water partition coefficient (Wildman–Crippen LogP) is 8.18. The number of aromatic nitrogens is 1. The van der Waals surface area contributed by atoms with Gasteiger partial charge in [-0.2, -0.15) is 0 Å². The highest BCUT2D eigenvalue weighted by Gasteiger charge is 2.32. The summed E-state index contributed by atoms with van der Waals surface area (Å²) in [7, 11) is 0. The lowest BCUT2D eigenvalue weighted by Gasteiger charge is -2.37. The highest BCUT2D eigenvalue weighted by atomic mass is 16.5. The second-order valence-electron chi connectivity index (χ2n) is 12.8. The molecule has 0 saturated carbocycles. The average Bonchev–Trinajstić information content (AvgIpc) is 3.58. The Labute approximate surface area is 302 Å². The van der Waals surface area contributed by atoms with Crippen LogP contribution in [0.2, 0.25) is 0 Å². The fourth-order valence-corrected chi connectivity index (χ4v) is 6.71. The molecule has 2 heterocycles. The summed E-state index contributed by atoms with van der Waals surface area (Å²) < 4.78 is 8.08. The van der Waals surface area contributed by atoms with E-state index in [0.29, 0.717) is 42.1 Å². The third-order valence-corrected chi connectivity index (χ3v) is 9.30. The molecule has 0 radical (unpaired) electrons. The summed E-state index contributed by atoms with van der Waals surface area (Å²) in [5.41, 5.74) is 6.66. The number of carbonyl (C=O) groups excluding carboxylic acids is 2. The lowest BCUT2D eigenvalue weighted by Crippen LogP contribution is -2.50. The Morgan fingerprint density at radius 3 is 2.06 bits per heavy atom. The fraction of sp³-hybridized carbons (Fsp3) is 0.140. The number of hydrogen-bond acceptors (Lipinski definition) is 4. The number of anilines is 2. The van der Waals surface area contributed by atoms with Crippen LogP contribution in [-0.2, 0) is 19.6 Å². The number of nitrogens with zero attached hydrogens (tertiary/aromatic N) is 3. The van der Waals surface area contributed by atoms with Gasteiger partial charge in [0.25, 0.3) is 11.8 Å². The molecule has 5 aromatic carbocycles. The van der Waals surface area contributed by atoms with E-state index >= 15 is 0 Å². The van der Waals surface area contributed by atoms with Crippen molar-refractivity contribution < 1.29 is 24.2 Å². The molecule has 1 aliphatic rings. The maximum Gasteiger partial charge on any atom is 0.404 e. The molecule has 7 rings (SSSR count). The molecule has 0 fully saturated rings. The largest absolute Gasteiger partial charge is 0.489 e. The van der Waals surface area contributed by atoms with Crippen molar-refractivity contribution in [3.63, 3.8) is 0 Å². The van der Waals surface area contributed by atoms with Crippen LogP contribution in [0, 0.1) is 6.92 Å². The average molecular weight is 691 g/mol. The first-order valence-corrected chi connectivity index (χ1v) is 17.1. The van der Waals surface area contributed by atoms with Crippen molar-refractivity contribution in [2.45, 2.75) is 32.5 Å². The van der Waals surface area contributed by atoms with Gasteiger partial charge in [-0.15, -0.1) is 0 Å². The minimum absolute atomic E-state index is 0.0824. The molecule has 1 aromatic heterocycles. The van der Waals surface area contributed by atoms with Gasteiger partial charge in [-0.1, -0.05) is 91.0 Å². The lowest BCUT2D eigenvalue weighted by molar-refractivity contribution is 0.0636. The highest BCUT2D eigenvalue weighted by Crippen LogP contribution is 2.32. The third kappa shape index (κ3) is 7.29. The molecule has 9 heteroatoms. The number of aryl methyl sites for hydroxylation is 1. The first kappa shape index (κ1) is 33.9. The second-order valence-corrected chi connectivity index (χ2v) is 12.8. The SMILES string of the molecule is Cc1cc(C(=O)N(c2ccccc2)c2ccccc2)cn1-c1cc(OCc2ccccc2)ccc1C(=O)N1Cc2ccccc2C[C@H]1CNC(=O)O. The molecule has 0 aliphatic carbocycles. The van der Waals surface area contributed by atoms with Crippen molar-refractivity contribution in [2.24, 2.45) is 0 Å². The molecule has 9 nitrogen and oxygen atoms in total. The van der Waals surface area contributed by atoms with Gasteiger partial charge in [0.15, 0.2) is 0 Å². The Morgan fingerprint density at radius 1 is 0.788 bits per heavy atom. The van der Waals surface area contributed by atoms with Crippen LogP contribution in [0.25, 0.3) is 5.69 Å². The minimum atomic E-state index is -1.15. The van der Waals surface area contributed by atoms with Gasteiger partial charge in [0.05, 0.1) is 22.9 Å². The Balaban J connectivity index is 1.29. The molecule has 0 saturated heterocycles. The molecule has 1 aliphatic heterocycles. The normalized spacial score (nSPS) is 13.6. The molecular formula is C43H38N4O5. The number of benzene rings is 5. The van der Waals surface area contributed by atoms with Crippen LogP contribution in [0.3, 0.4) is 0 Å². The van der Waals surface area contributed by atoms with Crippen molar-refractivity contribution >= 4 is 29.3 Å². The summed E-state index contributed by atoms with van der Waals surface area (Å²) >= 11 is 0. The third-order valence-electron chi connectivity index (χ3n) is 9.30. The first-order chi connectivity index (χ1) is 25.4. The number of hydrogen-bond donors (Lipinski definition) is 2. The summed E-state index contributed by atoms with van der Waals surface area (Å²) in [4.78, 5) is 44.0. The number of ether oxygens (including phenoxy) is 1. The van der Waals surface area contributed by atoms with E-state index in [4.69, 9.17) is 4.74 Å². The van der Waals surface area contributed by atoms with Crippen LogP contribution in [-0.4, -0.2) is 45.1 Å². The van der Waals surface area contributed by atoms with E-state index in [9.17, 15) is 19.5 Å². The number of fused-ring (bicyclic) bond motifs is 1. The standard InChI is InChI=1S/C43H38N4O5/c1-30-23-34(41(48)47(35-17-7-3-8-18-35)36-19-9-4-10-20-36)28-45(30)40-25-38(52-29-31-13-5-2-6-14-31)21-22-39(40)42(49)46-27-33-16-12-11-15-32(33)24-37(46)26-44-43(50)51/h2-23,25,28,37,44H,24,26-27,29H2,1H3,(H,50,51)/t37-/m0/s1. The van der Waals surface area contributed by atoms with Gasteiger partial charge in [0, 0.05) is 42.4 Å². The van der Waals surface area contributed by atoms with Crippen LogP contribution in [0.5, 0.6) is 5.75 Å². The first-order valence-electron chi connectivity index (χ1n) is 17.1. The zero-order valence-electron chi connectivity index (χ0n) is 28.7. The number of carboxylic acid groups (broad SMARTS) is 1. The lowest BCUT2D eigenvalue weighted by atomic mass is 9.93. The summed E-state index contributed by atoms with van der Waals surface area (Å²) in [6, 6.07) is 43.5. The van der Waals surface area contributed by atoms with E-state index < -0.39 is 12.1 Å². The molecule has 260 valence electrons. The maximum absolute atomic E-state index is 14.7. The number of rotatable bonds is 10. The van der Waals surface area contributed by atoms with E-state index in [1.54, 1.807) is 28.1 Å². The van der Waals surface area contributed by atoms with Crippen molar-refractivity contribution in [2.75, 3.05) is 11.4 Å². The highest BCUT2D eigenvalue weighted by molar-refractivity contribution is 6.11. The molecule has 0 unspecified atom stereocenters. The van der Waals surface area contributed by atoms with Crippen LogP contribution in [0.4, 0.5) is 16.2 Å². The monoisotopic (exact) mass is 690 g/mol. The van der Waals surface area contributed by atoms with Gasteiger partial charge in [-0.05, 0) is 72.5 Å². The zero-order chi connectivity index (χ0) is 36.0. The van der Waals surface area contributed by atoms with Crippen molar-refractivity contribution in [3.8, 4) is 11.4 Å². The Bertz CT molecular complexity index is 2160. The summed E-state index contributed by atoms with van der Waals surface area (Å²) in [6.07, 6.45) is 1.12. The van der Waals surface area contributed by atoms with Gasteiger partial charge < -0.3 is 24.6 Å². The Hall–Kier alpha value is -6.61. The summed E-state index contributed by atoms with van der Waals surface area (Å²) in [5, 5.41) is 11.9. The van der Waals surface area contributed by atoms with Gasteiger partial charge in [-0.3, -0.25) is 14.5 Å². The summed E-state index contributed by atoms with van der Waals surface area (Å²) in [5.74, 6) is 0.0724. The molecular weight excluding hydrogens is 652 g/mol. The topological polar surface area (TPSA) is 104 Å². The fourth-order valence-electron chi connectivity index (χ4n) is 6.71. The van der Waals surface area contributed by atoms with Crippen LogP contribution < -0.4 is 15.0 Å². The number of para-hydroxylation sites is 2. The predicted molar refractivity (Wildman–Crippen MR) is 200 cm³/mol. The number of nitrogens with one attached hydrogen (secondary N) is 1. The molecule has 0 spiro atoms. The van der Waals surface area contributed by atoms with E-state index in [1.165, 1.54) is 0 Å². The van der Waals surface area contributed by atoms with Gasteiger partial charge in [0.2, 0.25) is 0 Å². The molecule has 1 atom stereocenters. The van der Waals surface area contributed by atoms with E-state index in [1.807, 2.05) is 139 Å². The molecule has 0 bridgehead atoms. The van der Waals surface area contributed by atoms with Crippen LogP contribution >= 0.6 is 0 Å². The Kier molecular flexibility index (Phi) is 9.84. The van der Waals surface area contributed by atoms with Crippen molar-refractivity contribution in [3.05, 3.63) is 179 Å². The van der Waals surface area contributed by atoms with E-state index in [2.05, 4.69) is 5.32 Å². The minimum Gasteiger partial charge on any atom is -0.489 e. The van der Waals surface area contributed by atoms with Crippen molar-refractivity contribution in [1.82, 2.24) is 14.8 Å². The molecule has 2 N–H and O–H groups in total. The van der Waals surface area contributed by atoms with Gasteiger partial charge in [0.1, 0.15) is 12.4 Å². The summed E-state index contributed by atoms with van der Waals surface area (Å²) in [6.45, 7) is 2.63.